The second-order valence-electron chi connectivity index (χ2n) is 5.08. The number of aliphatic hydroxyl groups is 1. The lowest BCUT2D eigenvalue weighted by Crippen LogP contribution is -2.68. The number of aliphatic hydroxyl groups excluding tert-OH is 1. The van der Waals surface area contributed by atoms with Gasteiger partial charge in [0.15, 0.2) is 14.7 Å². The third-order valence-electron chi connectivity index (χ3n) is 3.33. The minimum absolute atomic E-state index is 0.0598. The highest BCUT2D eigenvalue weighted by atomic mass is 32.2. The van der Waals surface area contributed by atoms with Gasteiger partial charge >= 0.3 is 0 Å². The number of methoxy groups -OCH3 is 1. The summed E-state index contributed by atoms with van der Waals surface area (Å²) in [5, 5.41) is 19.7. The lowest BCUT2D eigenvalue weighted by atomic mass is 10.1. The van der Waals surface area contributed by atoms with Gasteiger partial charge in [-0.25, -0.2) is 8.42 Å². The highest BCUT2D eigenvalue weighted by Crippen LogP contribution is 2.11. The first-order valence-corrected chi connectivity index (χ1v) is 8.80. The number of aromatic nitrogens is 3. The van der Waals surface area contributed by atoms with Crippen LogP contribution in [0.25, 0.3) is 0 Å². The predicted octanol–water partition coefficient (Wildman–Crippen LogP) is -2.10. The van der Waals surface area contributed by atoms with Gasteiger partial charge in [-0.3, -0.25) is 0 Å². The van der Waals surface area contributed by atoms with E-state index in [1.807, 2.05) is 0 Å². The van der Waals surface area contributed by atoms with Crippen molar-refractivity contribution in [3.8, 4) is 0 Å². The molecule has 0 unspecified atom stereocenters. The molecule has 2 rings (SSSR count). The summed E-state index contributed by atoms with van der Waals surface area (Å²) in [6.07, 6.45) is 2.07. The average Bonchev–Trinajstić information content (AvgIpc) is 2.48. The molecule has 0 amide bonds. The Kier molecular flexibility index (Phi) is 5.62. The van der Waals surface area contributed by atoms with Crippen LogP contribution in [0.5, 0.6) is 0 Å². The molecule has 1 fully saturated rings. The molecule has 1 N–H and O–H groups in total. The van der Waals surface area contributed by atoms with Gasteiger partial charge in [-0.15, -0.1) is 5.01 Å². The number of β-amino-alcohol motifs (C(OH)–C–C–N with tert-alkyl or cyclic N) is 1. The fourth-order valence-electron chi connectivity index (χ4n) is 2.17. The lowest BCUT2D eigenvalue weighted by Gasteiger charge is -2.30. The van der Waals surface area contributed by atoms with E-state index in [2.05, 4.69) is 10.2 Å². The maximum atomic E-state index is 11.5. The van der Waals surface area contributed by atoms with Crippen LogP contribution in [0.3, 0.4) is 0 Å². The normalized spacial score (nSPS) is 22.8. The van der Waals surface area contributed by atoms with Crippen molar-refractivity contribution in [3.05, 3.63) is 12.3 Å². The lowest BCUT2D eigenvalue weighted by molar-refractivity contribution is -0.808. The van der Waals surface area contributed by atoms with E-state index >= 15 is 0 Å². The van der Waals surface area contributed by atoms with E-state index in [9.17, 15) is 13.5 Å². The molecule has 1 aliphatic heterocycles. The standard InChI is InChI=1S/C12H21N4O5S/c1-20-7-8-21-11-4-6-15(9-10(11)17)16-13-5-3-12(14-16)22(2,18)19/h3,5,10-11,17H,4,6-9H2,1-2H3/q+1/t10-,11+/m1/s1. The van der Waals surface area contributed by atoms with Crippen molar-refractivity contribution < 1.29 is 27.9 Å². The van der Waals surface area contributed by atoms with Crippen LogP contribution in [-0.4, -0.2) is 75.6 Å². The summed E-state index contributed by atoms with van der Waals surface area (Å²) in [5.41, 5.74) is 0. The summed E-state index contributed by atoms with van der Waals surface area (Å²) in [6, 6.07) is 1.34. The summed E-state index contributed by atoms with van der Waals surface area (Å²) >= 11 is 0. The minimum atomic E-state index is -3.40. The van der Waals surface area contributed by atoms with Gasteiger partial charge in [0.05, 0.1) is 36.1 Å². The molecule has 10 heteroatoms. The van der Waals surface area contributed by atoms with Crippen molar-refractivity contribution in [2.75, 3.05) is 44.7 Å². The van der Waals surface area contributed by atoms with Crippen molar-refractivity contribution >= 4 is 9.84 Å². The van der Waals surface area contributed by atoms with Crippen LogP contribution in [0, 0.1) is 0 Å². The van der Waals surface area contributed by atoms with Crippen molar-refractivity contribution in [2.24, 2.45) is 0 Å². The molecule has 2 atom stereocenters. The Morgan fingerprint density at radius 3 is 2.91 bits per heavy atom. The molecule has 0 aromatic carbocycles. The van der Waals surface area contributed by atoms with Crippen LogP contribution in [0.15, 0.2) is 17.3 Å². The minimum Gasteiger partial charge on any atom is -0.388 e. The Labute approximate surface area is 129 Å². The van der Waals surface area contributed by atoms with E-state index in [1.165, 1.54) is 17.2 Å². The zero-order valence-electron chi connectivity index (χ0n) is 12.6. The van der Waals surface area contributed by atoms with Crippen LogP contribution in [0.2, 0.25) is 0 Å². The molecular formula is C12H21N4O5S+. The number of rotatable bonds is 6. The van der Waals surface area contributed by atoms with E-state index in [0.29, 0.717) is 26.2 Å². The first-order chi connectivity index (χ1) is 10.4. The van der Waals surface area contributed by atoms with Crippen molar-refractivity contribution in [3.63, 3.8) is 0 Å². The van der Waals surface area contributed by atoms with E-state index in [-0.39, 0.29) is 17.7 Å². The number of nitrogens with zero attached hydrogens (tertiary/aromatic N) is 4. The third-order valence-corrected chi connectivity index (χ3v) is 4.30. The van der Waals surface area contributed by atoms with E-state index in [4.69, 9.17) is 9.47 Å². The van der Waals surface area contributed by atoms with Gasteiger partial charge < -0.3 is 14.6 Å². The van der Waals surface area contributed by atoms with E-state index in [1.54, 1.807) is 12.1 Å². The second-order valence-corrected chi connectivity index (χ2v) is 7.04. The number of sulfone groups is 1. The van der Waals surface area contributed by atoms with Crippen LogP contribution < -0.4 is 9.91 Å². The van der Waals surface area contributed by atoms with Gasteiger partial charge in [0, 0.05) is 19.4 Å². The van der Waals surface area contributed by atoms with Gasteiger partial charge in [-0.2, -0.15) is 0 Å². The maximum absolute atomic E-state index is 11.5. The third kappa shape index (κ3) is 4.32. The summed E-state index contributed by atoms with van der Waals surface area (Å²) in [7, 11) is -1.81. The molecule has 124 valence electrons. The van der Waals surface area contributed by atoms with Crippen molar-refractivity contribution in [1.29, 1.82) is 0 Å². The summed E-state index contributed by atoms with van der Waals surface area (Å²) in [5.74, 6) is 0. The fourth-order valence-corrected chi connectivity index (χ4v) is 2.70. The zero-order chi connectivity index (χ0) is 16.2. The van der Waals surface area contributed by atoms with Crippen LogP contribution in [-0.2, 0) is 19.3 Å². The molecule has 1 saturated heterocycles. The highest BCUT2D eigenvalue weighted by molar-refractivity contribution is 7.90. The molecule has 1 aromatic heterocycles. The van der Waals surface area contributed by atoms with Crippen LogP contribution in [0.4, 0.5) is 0 Å². The fraction of sp³-hybridized carbons (Fsp3) is 0.750. The number of hydrogen-bond donors (Lipinski definition) is 1. The Morgan fingerprint density at radius 1 is 1.50 bits per heavy atom. The molecule has 0 bridgehead atoms. The van der Waals surface area contributed by atoms with Gasteiger partial charge in [0.2, 0.25) is 5.03 Å². The number of hydrogen-bond acceptors (Lipinski definition) is 8. The molecule has 1 aliphatic rings. The molecule has 1 aromatic rings. The van der Waals surface area contributed by atoms with Gasteiger partial charge in [0.1, 0.15) is 18.8 Å². The largest absolute Gasteiger partial charge is 0.388 e. The molecule has 0 saturated carbocycles. The average molecular weight is 333 g/mol. The Balaban J connectivity index is 2.01. The van der Waals surface area contributed by atoms with Crippen molar-refractivity contribution in [1.82, 2.24) is 10.2 Å². The van der Waals surface area contributed by atoms with Crippen LogP contribution in [0.1, 0.15) is 6.42 Å². The Hall–Kier alpha value is -1.36. The molecule has 0 radical (unpaired) electrons. The number of ether oxygens (including phenoxy) is 2. The smallest absolute Gasteiger partial charge is 0.229 e. The van der Waals surface area contributed by atoms with Crippen molar-refractivity contribution in [2.45, 2.75) is 23.7 Å². The summed E-state index contributed by atoms with van der Waals surface area (Å²) < 4.78 is 33.5. The van der Waals surface area contributed by atoms with Gasteiger partial charge in [-0.05, 0) is 6.42 Å². The molecule has 0 aliphatic carbocycles. The molecule has 9 nitrogen and oxygen atoms in total. The summed E-state index contributed by atoms with van der Waals surface area (Å²) in [4.78, 5) is 1.21. The Morgan fingerprint density at radius 2 is 2.27 bits per heavy atom. The molecule has 2 heterocycles. The molecule has 0 spiro atoms. The Bertz CT molecular complexity index is 597. The first-order valence-electron chi connectivity index (χ1n) is 6.91. The van der Waals surface area contributed by atoms with E-state index in [0.717, 1.165) is 6.26 Å². The molecular weight excluding hydrogens is 312 g/mol. The molecule has 22 heavy (non-hydrogen) atoms. The topological polar surface area (TPSA) is 106 Å². The van der Waals surface area contributed by atoms with Gasteiger partial charge in [-0.1, -0.05) is 0 Å². The first kappa shape index (κ1) is 17.0. The predicted molar refractivity (Wildman–Crippen MR) is 75.5 cm³/mol. The second kappa shape index (κ2) is 7.27. The SMILES string of the molecule is COCCO[C@H]1CCN([n+]2nccc(S(C)(=O)=O)n2)C[C@H]1O. The maximum Gasteiger partial charge on any atom is 0.229 e. The quantitative estimate of drug-likeness (QED) is 0.466. The highest BCUT2D eigenvalue weighted by Gasteiger charge is 2.34. The van der Waals surface area contributed by atoms with E-state index < -0.39 is 15.9 Å². The summed E-state index contributed by atoms with van der Waals surface area (Å²) in [6.45, 7) is 1.70. The monoisotopic (exact) mass is 333 g/mol. The number of piperidine rings is 1. The van der Waals surface area contributed by atoms with Crippen LogP contribution >= 0.6 is 0 Å². The van der Waals surface area contributed by atoms with Gasteiger partial charge in [0.25, 0.3) is 0 Å². The zero-order valence-corrected chi connectivity index (χ0v) is 13.4.